The Morgan fingerprint density at radius 3 is 2.57 bits per heavy atom. The highest BCUT2D eigenvalue weighted by Gasteiger charge is 2.05. The fourth-order valence-corrected chi connectivity index (χ4v) is 1.67. The molecule has 0 spiro atoms. The van der Waals surface area contributed by atoms with Gasteiger partial charge in [0, 0.05) is 12.1 Å². The smallest absolute Gasteiger partial charge is 0.248 e. The first-order valence-electron chi connectivity index (χ1n) is 6.20. The molecule has 0 radical (unpaired) electrons. The molecule has 0 aliphatic rings. The molecule has 0 aliphatic heterocycles. The van der Waals surface area contributed by atoms with E-state index in [-0.39, 0.29) is 11.4 Å². The molecule has 0 saturated heterocycles. The third-order valence-electron chi connectivity index (χ3n) is 2.75. The number of anilines is 1. The molecular weight excluding hydrogens is 273 g/mol. The first kappa shape index (κ1) is 14.6. The van der Waals surface area contributed by atoms with Crippen molar-refractivity contribution in [3.8, 4) is 11.5 Å². The second kappa shape index (κ2) is 6.56. The zero-order valence-electron chi connectivity index (χ0n) is 11.3. The van der Waals surface area contributed by atoms with E-state index in [9.17, 15) is 9.18 Å². The van der Waals surface area contributed by atoms with Crippen molar-refractivity contribution in [3.63, 3.8) is 0 Å². The summed E-state index contributed by atoms with van der Waals surface area (Å²) in [7, 11) is 1.57. The lowest BCUT2D eigenvalue weighted by molar-refractivity contribution is -0.111. The van der Waals surface area contributed by atoms with Gasteiger partial charge in [0.15, 0.2) is 0 Å². The van der Waals surface area contributed by atoms with Crippen molar-refractivity contribution >= 4 is 17.7 Å². The number of hydrogen-bond donors (Lipinski definition) is 2. The van der Waals surface area contributed by atoms with Crippen molar-refractivity contribution in [3.05, 3.63) is 59.9 Å². The van der Waals surface area contributed by atoms with Crippen LogP contribution in [-0.4, -0.2) is 18.1 Å². The highest BCUT2D eigenvalue weighted by molar-refractivity contribution is 6.02. The number of benzene rings is 2. The quantitative estimate of drug-likeness (QED) is 0.670. The van der Waals surface area contributed by atoms with Gasteiger partial charge in [-0.05, 0) is 35.9 Å². The molecule has 21 heavy (non-hydrogen) atoms. The molecular formula is C16H14FNO3. The monoisotopic (exact) mass is 287 g/mol. The molecule has 1 amide bonds. The molecule has 0 fully saturated rings. The number of phenols is 1. The molecule has 0 aromatic heterocycles. The van der Waals surface area contributed by atoms with Gasteiger partial charge in [-0.25, -0.2) is 4.39 Å². The van der Waals surface area contributed by atoms with Crippen LogP contribution in [0.4, 0.5) is 10.1 Å². The van der Waals surface area contributed by atoms with Crippen LogP contribution >= 0.6 is 0 Å². The minimum atomic E-state index is -0.693. The third kappa shape index (κ3) is 4.07. The summed E-state index contributed by atoms with van der Waals surface area (Å²) in [4.78, 5) is 11.7. The van der Waals surface area contributed by atoms with Gasteiger partial charge in [0.25, 0.3) is 0 Å². The number of carbonyl (C=O) groups excluding carboxylic acids is 1. The highest BCUT2D eigenvalue weighted by atomic mass is 19.1. The molecule has 0 bridgehead atoms. The molecule has 2 aromatic rings. The summed E-state index contributed by atoms with van der Waals surface area (Å²) in [6, 6.07) is 10.7. The number of rotatable bonds is 4. The third-order valence-corrected chi connectivity index (χ3v) is 2.75. The first-order valence-corrected chi connectivity index (χ1v) is 6.20. The number of hydrogen-bond acceptors (Lipinski definition) is 3. The molecule has 5 heteroatoms. The largest absolute Gasteiger partial charge is 0.508 e. The molecule has 4 nitrogen and oxygen atoms in total. The van der Waals surface area contributed by atoms with Crippen LogP contribution in [0.15, 0.2) is 48.5 Å². The van der Waals surface area contributed by atoms with E-state index in [2.05, 4.69) is 5.32 Å². The van der Waals surface area contributed by atoms with Gasteiger partial charge in [0.05, 0.1) is 12.8 Å². The Labute approximate surface area is 121 Å². The van der Waals surface area contributed by atoms with Gasteiger partial charge in [0.2, 0.25) is 5.91 Å². The van der Waals surface area contributed by atoms with E-state index in [1.54, 1.807) is 37.5 Å². The first-order chi connectivity index (χ1) is 10.1. The van der Waals surface area contributed by atoms with E-state index in [1.165, 1.54) is 18.2 Å². The molecule has 0 unspecified atom stereocenters. The number of halogens is 1. The number of amides is 1. The summed E-state index contributed by atoms with van der Waals surface area (Å²) >= 11 is 0. The van der Waals surface area contributed by atoms with Crippen LogP contribution in [0.3, 0.4) is 0 Å². The van der Waals surface area contributed by atoms with E-state index in [0.717, 1.165) is 17.4 Å². The van der Waals surface area contributed by atoms with E-state index in [1.807, 2.05) is 0 Å². The van der Waals surface area contributed by atoms with Crippen molar-refractivity contribution in [2.75, 3.05) is 12.4 Å². The van der Waals surface area contributed by atoms with Crippen LogP contribution in [0.2, 0.25) is 0 Å². The van der Waals surface area contributed by atoms with Crippen molar-refractivity contribution in [1.82, 2.24) is 0 Å². The number of ether oxygens (including phenoxy) is 1. The van der Waals surface area contributed by atoms with Crippen LogP contribution in [-0.2, 0) is 4.79 Å². The molecule has 0 heterocycles. The highest BCUT2D eigenvalue weighted by Crippen LogP contribution is 2.19. The van der Waals surface area contributed by atoms with Crippen molar-refractivity contribution in [2.45, 2.75) is 0 Å². The van der Waals surface area contributed by atoms with Crippen LogP contribution in [0.1, 0.15) is 5.56 Å². The van der Waals surface area contributed by atoms with E-state index < -0.39 is 11.7 Å². The normalized spacial score (nSPS) is 10.6. The van der Waals surface area contributed by atoms with Crippen LogP contribution < -0.4 is 10.1 Å². The van der Waals surface area contributed by atoms with Gasteiger partial charge in [-0.3, -0.25) is 4.79 Å². The van der Waals surface area contributed by atoms with Gasteiger partial charge in [-0.2, -0.15) is 0 Å². The molecule has 108 valence electrons. The number of methoxy groups -OCH3 is 1. The average molecular weight is 287 g/mol. The molecule has 2 aromatic carbocycles. The standard InChI is InChI=1S/C16H14FNO3/c1-21-13-6-2-11(3-7-13)4-9-16(20)18-15-8-5-12(19)10-14(15)17/h2-10,19H,1H3,(H,18,20). The van der Waals surface area contributed by atoms with Gasteiger partial charge >= 0.3 is 0 Å². The number of carbonyl (C=O) groups is 1. The maximum atomic E-state index is 13.4. The summed E-state index contributed by atoms with van der Waals surface area (Å²) < 4.78 is 18.5. The summed E-state index contributed by atoms with van der Waals surface area (Å²) in [6.07, 6.45) is 2.90. The molecule has 0 saturated carbocycles. The minimum absolute atomic E-state index is 0.0113. The number of phenolic OH excluding ortho intramolecular Hbond substituents is 1. The fraction of sp³-hybridized carbons (Fsp3) is 0.0625. The van der Waals surface area contributed by atoms with Crippen molar-refractivity contribution in [2.24, 2.45) is 0 Å². The van der Waals surface area contributed by atoms with Gasteiger partial charge in [-0.15, -0.1) is 0 Å². The fourth-order valence-electron chi connectivity index (χ4n) is 1.67. The second-order valence-corrected chi connectivity index (χ2v) is 4.26. The Kier molecular flexibility index (Phi) is 4.56. The number of nitrogens with one attached hydrogen (secondary N) is 1. The maximum Gasteiger partial charge on any atom is 0.248 e. The minimum Gasteiger partial charge on any atom is -0.508 e. The summed E-state index contributed by atoms with van der Waals surface area (Å²) in [5.41, 5.74) is 0.828. The van der Waals surface area contributed by atoms with E-state index in [4.69, 9.17) is 9.84 Å². The van der Waals surface area contributed by atoms with Gasteiger partial charge in [0.1, 0.15) is 17.3 Å². The SMILES string of the molecule is COc1ccc(C=CC(=O)Nc2ccc(O)cc2F)cc1. The topological polar surface area (TPSA) is 58.6 Å². The number of aromatic hydroxyl groups is 1. The predicted octanol–water partition coefficient (Wildman–Crippen LogP) is 3.19. The van der Waals surface area contributed by atoms with E-state index in [0.29, 0.717) is 0 Å². The Bertz CT molecular complexity index is 666. The average Bonchev–Trinajstić information content (AvgIpc) is 2.48. The lowest BCUT2D eigenvalue weighted by atomic mass is 10.2. The molecule has 2 rings (SSSR count). The molecule has 0 aliphatic carbocycles. The molecule has 0 atom stereocenters. The second-order valence-electron chi connectivity index (χ2n) is 4.26. The zero-order chi connectivity index (χ0) is 15.2. The summed E-state index contributed by atoms with van der Waals surface area (Å²) in [5.74, 6) is -0.626. The van der Waals surface area contributed by atoms with Gasteiger partial charge in [-0.1, -0.05) is 12.1 Å². The lowest BCUT2D eigenvalue weighted by Gasteiger charge is -2.04. The van der Waals surface area contributed by atoms with Crippen LogP contribution in [0, 0.1) is 5.82 Å². The molecule has 2 N–H and O–H groups in total. The predicted molar refractivity (Wildman–Crippen MR) is 78.7 cm³/mol. The Morgan fingerprint density at radius 1 is 1.24 bits per heavy atom. The maximum absolute atomic E-state index is 13.4. The van der Waals surface area contributed by atoms with Crippen molar-refractivity contribution < 1.29 is 19.0 Å². The Hall–Kier alpha value is -2.82. The lowest BCUT2D eigenvalue weighted by Crippen LogP contribution is -2.09. The van der Waals surface area contributed by atoms with Gasteiger partial charge < -0.3 is 15.2 Å². The van der Waals surface area contributed by atoms with Crippen molar-refractivity contribution in [1.29, 1.82) is 0 Å². The zero-order valence-corrected chi connectivity index (χ0v) is 11.3. The Morgan fingerprint density at radius 2 is 1.95 bits per heavy atom. The summed E-state index contributed by atoms with van der Waals surface area (Å²) in [6.45, 7) is 0. The van der Waals surface area contributed by atoms with Crippen LogP contribution in [0.25, 0.3) is 6.08 Å². The summed E-state index contributed by atoms with van der Waals surface area (Å²) in [5, 5.41) is 11.5. The van der Waals surface area contributed by atoms with E-state index >= 15 is 0 Å². The van der Waals surface area contributed by atoms with Crippen LogP contribution in [0.5, 0.6) is 11.5 Å². The Balaban J connectivity index is 2.01.